The van der Waals surface area contributed by atoms with Crippen molar-refractivity contribution in [2.24, 2.45) is 5.73 Å². The summed E-state index contributed by atoms with van der Waals surface area (Å²) in [5.74, 6) is 0.0788. The minimum Gasteiger partial charge on any atom is -0.337 e. The lowest BCUT2D eigenvalue weighted by atomic mass is 10.0. The fourth-order valence-corrected chi connectivity index (χ4v) is 2.90. The van der Waals surface area contributed by atoms with Crippen LogP contribution in [0, 0.1) is 0 Å². The van der Waals surface area contributed by atoms with Gasteiger partial charge in [0.25, 0.3) is 0 Å². The molecule has 0 aromatic heterocycles. The molecule has 0 saturated heterocycles. The van der Waals surface area contributed by atoms with Gasteiger partial charge in [-0.05, 0) is 30.4 Å². The molecular formula is C16H24N2O. The summed E-state index contributed by atoms with van der Waals surface area (Å²) in [6.07, 6.45) is 4.96. The smallest absolute Gasteiger partial charge is 0.239 e. The van der Waals surface area contributed by atoms with E-state index < -0.39 is 0 Å². The number of carbonyl (C=O) groups is 1. The summed E-state index contributed by atoms with van der Waals surface area (Å²) in [5, 5.41) is 0. The van der Waals surface area contributed by atoms with Crippen LogP contribution < -0.4 is 5.73 Å². The van der Waals surface area contributed by atoms with Crippen LogP contribution in [0.15, 0.2) is 24.3 Å². The van der Waals surface area contributed by atoms with Crippen LogP contribution in [0.25, 0.3) is 0 Å². The number of fused-ring (bicyclic) bond motifs is 1. The standard InChI is InChI=1S/C16H24N2O/c1-3-4-9-14(17)16(19)18(2)15-11-10-12-7-5-6-8-13(12)15/h5-8,14-15H,3-4,9-11,17H2,1-2H3/t14-,15?/m0/s1. The van der Waals surface area contributed by atoms with E-state index >= 15 is 0 Å². The monoisotopic (exact) mass is 260 g/mol. The van der Waals surface area contributed by atoms with Gasteiger partial charge in [-0.25, -0.2) is 0 Å². The molecule has 0 aliphatic heterocycles. The Hall–Kier alpha value is -1.35. The molecule has 104 valence electrons. The van der Waals surface area contributed by atoms with Crippen molar-refractivity contribution in [2.45, 2.75) is 51.1 Å². The van der Waals surface area contributed by atoms with E-state index in [0.29, 0.717) is 0 Å². The van der Waals surface area contributed by atoms with Crippen LogP contribution in [0.4, 0.5) is 0 Å². The van der Waals surface area contributed by atoms with Crippen molar-refractivity contribution in [1.82, 2.24) is 4.90 Å². The van der Waals surface area contributed by atoms with Gasteiger partial charge in [0.05, 0.1) is 12.1 Å². The van der Waals surface area contributed by atoms with Gasteiger partial charge in [-0.1, -0.05) is 44.0 Å². The van der Waals surface area contributed by atoms with E-state index in [1.54, 1.807) is 0 Å². The van der Waals surface area contributed by atoms with Crippen LogP contribution in [0.3, 0.4) is 0 Å². The molecule has 1 amide bonds. The first kappa shape index (κ1) is 14.1. The van der Waals surface area contributed by atoms with Gasteiger partial charge in [-0.2, -0.15) is 0 Å². The highest BCUT2D eigenvalue weighted by molar-refractivity contribution is 5.82. The zero-order chi connectivity index (χ0) is 13.8. The normalized spacial score (nSPS) is 19.0. The van der Waals surface area contributed by atoms with Crippen molar-refractivity contribution >= 4 is 5.91 Å². The maximum absolute atomic E-state index is 12.3. The van der Waals surface area contributed by atoms with E-state index in [0.717, 1.165) is 32.1 Å². The molecule has 2 N–H and O–H groups in total. The second-order valence-corrected chi connectivity index (χ2v) is 5.45. The Morgan fingerprint density at radius 2 is 2.21 bits per heavy atom. The second-order valence-electron chi connectivity index (χ2n) is 5.45. The molecule has 3 nitrogen and oxygen atoms in total. The third kappa shape index (κ3) is 2.98. The number of likely N-dealkylation sites (N-methyl/N-ethyl adjacent to an activating group) is 1. The zero-order valence-corrected chi connectivity index (χ0v) is 11.9. The van der Waals surface area contributed by atoms with E-state index in [-0.39, 0.29) is 18.0 Å². The van der Waals surface area contributed by atoms with Crippen LogP contribution in [0.5, 0.6) is 0 Å². The van der Waals surface area contributed by atoms with Gasteiger partial charge in [0.1, 0.15) is 0 Å². The predicted molar refractivity (Wildman–Crippen MR) is 77.8 cm³/mol. The highest BCUT2D eigenvalue weighted by atomic mass is 16.2. The Morgan fingerprint density at radius 1 is 1.47 bits per heavy atom. The van der Waals surface area contributed by atoms with Crippen LogP contribution >= 0.6 is 0 Å². The van der Waals surface area contributed by atoms with Gasteiger partial charge in [0, 0.05) is 7.05 Å². The minimum absolute atomic E-state index is 0.0788. The molecule has 2 atom stereocenters. The van der Waals surface area contributed by atoms with Gasteiger partial charge < -0.3 is 10.6 Å². The number of rotatable bonds is 5. The minimum atomic E-state index is -0.349. The van der Waals surface area contributed by atoms with Gasteiger partial charge in [0.2, 0.25) is 5.91 Å². The summed E-state index contributed by atoms with van der Waals surface area (Å²) >= 11 is 0. The molecule has 0 fully saturated rings. The average molecular weight is 260 g/mol. The largest absolute Gasteiger partial charge is 0.337 e. The van der Waals surface area contributed by atoms with E-state index in [4.69, 9.17) is 5.73 Å². The predicted octanol–water partition coefficient (Wildman–Crippen LogP) is 2.65. The molecule has 0 saturated carbocycles. The summed E-state index contributed by atoms with van der Waals surface area (Å²) in [6, 6.07) is 8.26. The SMILES string of the molecule is CCCC[C@H](N)C(=O)N(C)C1CCc2ccccc21. The molecule has 2 rings (SSSR count). The number of unbranched alkanes of at least 4 members (excludes halogenated alkanes) is 1. The molecule has 1 aliphatic carbocycles. The Labute approximate surface area is 115 Å². The van der Waals surface area contributed by atoms with Crippen LogP contribution in [0.1, 0.15) is 49.8 Å². The fourth-order valence-electron chi connectivity index (χ4n) is 2.90. The highest BCUT2D eigenvalue weighted by Crippen LogP contribution is 2.35. The van der Waals surface area contributed by atoms with Gasteiger partial charge in [0.15, 0.2) is 0 Å². The summed E-state index contributed by atoms with van der Waals surface area (Å²) < 4.78 is 0. The number of hydrogen-bond acceptors (Lipinski definition) is 2. The van der Waals surface area contributed by atoms with Crippen molar-refractivity contribution < 1.29 is 4.79 Å². The molecule has 1 unspecified atom stereocenters. The Balaban J connectivity index is 2.05. The van der Waals surface area contributed by atoms with Gasteiger partial charge >= 0.3 is 0 Å². The molecule has 19 heavy (non-hydrogen) atoms. The molecule has 0 radical (unpaired) electrons. The number of nitrogens with zero attached hydrogens (tertiary/aromatic N) is 1. The number of benzene rings is 1. The second kappa shape index (κ2) is 6.20. The molecule has 1 aromatic carbocycles. The molecule has 1 aromatic rings. The number of aryl methyl sites for hydroxylation is 1. The number of nitrogens with two attached hydrogens (primary N) is 1. The molecular weight excluding hydrogens is 236 g/mol. The summed E-state index contributed by atoms with van der Waals surface area (Å²) in [6.45, 7) is 2.12. The average Bonchev–Trinajstić information content (AvgIpc) is 2.87. The Bertz CT molecular complexity index is 444. The van der Waals surface area contributed by atoms with E-state index in [1.807, 2.05) is 18.0 Å². The first-order valence-electron chi connectivity index (χ1n) is 7.25. The summed E-state index contributed by atoms with van der Waals surface area (Å²) in [4.78, 5) is 14.2. The maximum Gasteiger partial charge on any atom is 0.239 e. The van der Waals surface area contributed by atoms with Gasteiger partial charge in [-0.3, -0.25) is 4.79 Å². The van der Waals surface area contributed by atoms with Crippen molar-refractivity contribution in [3.8, 4) is 0 Å². The lowest BCUT2D eigenvalue weighted by Gasteiger charge is -2.28. The quantitative estimate of drug-likeness (QED) is 0.884. The third-order valence-electron chi connectivity index (χ3n) is 4.10. The molecule has 0 spiro atoms. The lowest BCUT2D eigenvalue weighted by molar-refractivity contribution is -0.133. The first-order valence-corrected chi connectivity index (χ1v) is 7.25. The molecule has 3 heteroatoms. The van der Waals surface area contributed by atoms with Crippen LogP contribution in [0.2, 0.25) is 0 Å². The summed E-state index contributed by atoms with van der Waals surface area (Å²) in [5.41, 5.74) is 8.66. The van der Waals surface area contributed by atoms with E-state index in [9.17, 15) is 4.79 Å². The van der Waals surface area contributed by atoms with Crippen molar-refractivity contribution in [3.05, 3.63) is 35.4 Å². The summed E-state index contributed by atoms with van der Waals surface area (Å²) in [7, 11) is 1.89. The first-order chi connectivity index (χ1) is 9.15. The molecule has 0 bridgehead atoms. The number of carbonyl (C=O) groups excluding carboxylic acids is 1. The van der Waals surface area contributed by atoms with Crippen LogP contribution in [-0.2, 0) is 11.2 Å². The van der Waals surface area contributed by atoms with Crippen molar-refractivity contribution in [2.75, 3.05) is 7.05 Å². The van der Waals surface area contributed by atoms with Crippen molar-refractivity contribution in [3.63, 3.8) is 0 Å². The Morgan fingerprint density at radius 3 is 2.95 bits per heavy atom. The zero-order valence-electron chi connectivity index (χ0n) is 11.9. The van der Waals surface area contributed by atoms with E-state index in [1.165, 1.54) is 11.1 Å². The highest BCUT2D eigenvalue weighted by Gasteiger charge is 2.30. The number of hydrogen-bond donors (Lipinski definition) is 1. The molecule has 0 heterocycles. The van der Waals surface area contributed by atoms with Crippen molar-refractivity contribution in [1.29, 1.82) is 0 Å². The Kier molecular flexibility index (Phi) is 4.59. The van der Waals surface area contributed by atoms with E-state index in [2.05, 4.69) is 25.1 Å². The number of amides is 1. The fraction of sp³-hybridized carbons (Fsp3) is 0.562. The van der Waals surface area contributed by atoms with Gasteiger partial charge in [-0.15, -0.1) is 0 Å². The maximum atomic E-state index is 12.3. The molecule has 1 aliphatic rings. The lowest BCUT2D eigenvalue weighted by Crippen LogP contribution is -2.43. The van der Waals surface area contributed by atoms with Crippen LogP contribution in [-0.4, -0.2) is 23.9 Å². The third-order valence-corrected chi connectivity index (χ3v) is 4.10. The topological polar surface area (TPSA) is 46.3 Å².